The Morgan fingerprint density at radius 2 is 1.86 bits per heavy atom. The SMILES string of the molecule is C[C@@H](C(=O)N1CCCCCC1)N(C)Cc1ccccc1Cl. The Kier molecular flexibility index (Phi) is 6.07. The first-order chi connectivity index (χ1) is 10.1. The Balaban J connectivity index is 1.96. The summed E-state index contributed by atoms with van der Waals surface area (Å²) in [5.74, 6) is 0.242. The third kappa shape index (κ3) is 4.45. The van der Waals surface area contributed by atoms with Crippen LogP contribution in [0, 0.1) is 0 Å². The smallest absolute Gasteiger partial charge is 0.239 e. The summed E-state index contributed by atoms with van der Waals surface area (Å²) in [5, 5.41) is 0.763. The number of hydrogen-bond acceptors (Lipinski definition) is 2. The maximum Gasteiger partial charge on any atom is 0.239 e. The molecule has 1 aliphatic rings. The predicted molar refractivity (Wildman–Crippen MR) is 87.4 cm³/mol. The fourth-order valence-electron chi connectivity index (χ4n) is 2.78. The van der Waals surface area contributed by atoms with E-state index in [2.05, 4.69) is 4.90 Å². The van der Waals surface area contributed by atoms with Crippen LogP contribution >= 0.6 is 11.6 Å². The number of likely N-dealkylation sites (tertiary alicyclic amines) is 1. The van der Waals surface area contributed by atoms with E-state index in [-0.39, 0.29) is 11.9 Å². The van der Waals surface area contributed by atoms with Crippen molar-refractivity contribution in [3.05, 3.63) is 34.9 Å². The van der Waals surface area contributed by atoms with Crippen molar-refractivity contribution in [3.63, 3.8) is 0 Å². The summed E-state index contributed by atoms with van der Waals surface area (Å²) in [5.41, 5.74) is 1.07. The Labute approximate surface area is 132 Å². The number of halogens is 1. The Morgan fingerprint density at radius 3 is 2.48 bits per heavy atom. The van der Waals surface area contributed by atoms with Crippen LogP contribution in [0.4, 0.5) is 0 Å². The molecule has 0 radical (unpaired) electrons. The fourth-order valence-corrected chi connectivity index (χ4v) is 2.97. The Bertz CT molecular complexity index is 470. The molecule has 3 nitrogen and oxygen atoms in total. The molecule has 1 saturated heterocycles. The van der Waals surface area contributed by atoms with Gasteiger partial charge in [-0.2, -0.15) is 0 Å². The second-order valence-corrected chi connectivity index (χ2v) is 6.33. The summed E-state index contributed by atoms with van der Waals surface area (Å²) in [7, 11) is 1.99. The number of amides is 1. The fraction of sp³-hybridized carbons (Fsp3) is 0.588. The standard InChI is InChI=1S/C17H25ClN2O/c1-14(17(21)20-11-7-3-4-8-12-20)19(2)13-15-9-5-6-10-16(15)18/h5-6,9-10,14H,3-4,7-8,11-13H2,1-2H3/t14-/m0/s1. The predicted octanol–water partition coefficient (Wildman–Crippen LogP) is 3.56. The molecule has 0 bridgehead atoms. The zero-order valence-corrected chi connectivity index (χ0v) is 13.8. The molecule has 1 aliphatic heterocycles. The minimum absolute atomic E-state index is 0.112. The molecule has 1 aromatic rings. The average molecular weight is 309 g/mol. The highest BCUT2D eigenvalue weighted by atomic mass is 35.5. The number of hydrogen-bond donors (Lipinski definition) is 0. The van der Waals surface area contributed by atoms with Crippen molar-refractivity contribution in [1.29, 1.82) is 0 Å². The van der Waals surface area contributed by atoms with Crippen LogP contribution in [0.1, 0.15) is 38.2 Å². The van der Waals surface area contributed by atoms with Crippen LogP contribution in [-0.2, 0) is 11.3 Å². The van der Waals surface area contributed by atoms with E-state index in [1.54, 1.807) is 0 Å². The van der Waals surface area contributed by atoms with Crippen molar-refractivity contribution >= 4 is 17.5 Å². The van der Waals surface area contributed by atoms with Crippen LogP contribution < -0.4 is 0 Å². The van der Waals surface area contributed by atoms with Gasteiger partial charge in [0.25, 0.3) is 0 Å². The summed E-state index contributed by atoms with van der Waals surface area (Å²) in [4.78, 5) is 16.7. The van der Waals surface area contributed by atoms with E-state index in [9.17, 15) is 4.79 Å². The largest absolute Gasteiger partial charge is 0.341 e. The summed E-state index contributed by atoms with van der Waals surface area (Å²) in [6, 6.07) is 7.71. The third-order valence-corrected chi connectivity index (χ3v) is 4.68. The lowest BCUT2D eigenvalue weighted by molar-refractivity contribution is -0.136. The molecule has 0 spiro atoms. The summed E-state index contributed by atoms with van der Waals surface area (Å²) in [6.07, 6.45) is 4.75. The van der Waals surface area contributed by atoms with Crippen molar-refractivity contribution in [2.24, 2.45) is 0 Å². The van der Waals surface area contributed by atoms with E-state index in [4.69, 9.17) is 11.6 Å². The lowest BCUT2D eigenvalue weighted by atomic mass is 10.1. The number of carbonyl (C=O) groups is 1. The van der Waals surface area contributed by atoms with Gasteiger partial charge >= 0.3 is 0 Å². The first-order valence-corrected chi connectivity index (χ1v) is 8.20. The quantitative estimate of drug-likeness (QED) is 0.849. The molecule has 0 saturated carbocycles. The third-order valence-electron chi connectivity index (χ3n) is 4.31. The van der Waals surface area contributed by atoms with Gasteiger partial charge in [-0.25, -0.2) is 0 Å². The van der Waals surface area contributed by atoms with Crippen molar-refractivity contribution in [3.8, 4) is 0 Å². The second-order valence-electron chi connectivity index (χ2n) is 5.92. The molecule has 4 heteroatoms. The molecular weight excluding hydrogens is 284 g/mol. The zero-order valence-electron chi connectivity index (χ0n) is 13.0. The Hall–Kier alpha value is -1.06. The number of likely N-dealkylation sites (N-methyl/N-ethyl adjacent to an activating group) is 1. The van der Waals surface area contributed by atoms with Crippen LogP contribution in [0.2, 0.25) is 5.02 Å². The van der Waals surface area contributed by atoms with Gasteiger partial charge in [0.1, 0.15) is 0 Å². The maximum atomic E-state index is 12.6. The Morgan fingerprint density at radius 1 is 1.24 bits per heavy atom. The van der Waals surface area contributed by atoms with Gasteiger partial charge in [0.05, 0.1) is 6.04 Å². The molecule has 1 amide bonds. The van der Waals surface area contributed by atoms with Crippen LogP contribution in [-0.4, -0.2) is 41.9 Å². The molecule has 116 valence electrons. The maximum absolute atomic E-state index is 12.6. The van der Waals surface area contributed by atoms with Gasteiger partial charge in [-0.15, -0.1) is 0 Å². The van der Waals surface area contributed by atoms with Crippen molar-refractivity contribution in [1.82, 2.24) is 9.80 Å². The second kappa shape index (κ2) is 7.81. The number of nitrogens with zero attached hydrogens (tertiary/aromatic N) is 2. The zero-order chi connectivity index (χ0) is 15.2. The van der Waals surface area contributed by atoms with Crippen LogP contribution in [0.25, 0.3) is 0 Å². The highest BCUT2D eigenvalue weighted by molar-refractivity contribution is 6.31. The lowest BCUT2D eigenvalue weighted by Gasteiger charge is -2.30. The first-order valence-electron chi connectivity index (χ1n) is 7.82. The lowest BCUT2D eigenvalue weighted by Crippen LogP contribution is -2.45. The molecule has 0 aromatic heterocycles. The van der Waals surface area contributed by atoms with E-state index in [1.807, 2.05) is 43.1 Å². The summed E-state index contributed by atoms with van der Waals surface area (Å²) >= 11 is 6.20. The monoisotopic (exact) mass is 308 g/mol. The highest BCUT2D eigenvalue weighted by Gasteiger charge is 2.24. The van der Waals surface area contributed by atoms with Gasteiger partial charge in [-0.1, -0.05) is 42.6 Å². The van der Waals surface area contributed by atoms with Crippen LogP contribution in [0.15, 0.2) is 24.3 Å². The van der Waals surface area contributed by atoms with E-state index in [1.165, 1.54) is 12.8 Å². The van der Waals surface area contributed by atoms with Crippen molar-refractivity contribution in [2.45, 2.75) is 45.2 Å². The van der Waals surface area contributed by atoms with Crippen LogP contribution in [0.5, 0.6) is 0 Å². The molecule has 0 N–H and O–H groups in total. The molecule has 1 atom stereocenters. The van der Waals surface area contributed by atoms with E-state index < -0.39 is 0 Å². The number of carbonyl (C=O) groups excluding carboxylic acids is 1. The van der Waals surface area contributed by atoms with E-state index >= 15 is 0 Å². The van der Waals surface area contributed by atoms with Crippen molar-refractivity contribution < 1.29 is 4.79 Å². The molecule has 0 aliphatic carbocycles. The average Bonchev–Trinajstić information content (AvgIpc) is 2.77. The minimum Gasteiger partial charge on any atom is -0.341 e. The number of benzene rings is 1. The molecule has 1 fully saturated rings. The molecule has 0 unspecified atom stereocenters. The van der Waals surface area contributed by atoms with Gasteiger partial charge in [-0.3, -0.25) is 9.69 Å². The highest BCUT2D eigenvalue weighted by Crippen LogP contribution is 2.18. The topological polar surface area (TPSA) is 23.6 Å². The molecule has 1 heterocycles. The molecule has 1 aromatic carbocycles. The normalized spacial score (nSPS) is 17.6. The molecule has 21 heavy (non-hydrogen) atoms. The van der Waals surface area contributed by atoms with Crippen molar-refractivity contribution in [2.75, 3.05) is 20.1 Å². The summed E-state index contributed by atoms with van der Waals surface area (Å²) in [6.45, 7) is 4.50. The van der Waals surface area contributed by atoms with Gasteiger partial charge in [0.15, 0.2) is 0 Å². The van der Waals surface area contributed by atoms with Gasteiger partial charge in [0.2, 0.25) is 5.91 Å². The van der Waals surface area contributed by atoms with Gasteiger partial charge in [-0.05, 0) is 38.4 Å². The van der Waals surface area contributed by atoms with Gasteiger partial charge < -0.3 is 4.90 Å². The van der Waals surface area contributed by atoms with E-state index in [0.29, 0.717) is 6.54 Å². The molecule has 2 rings (SSSR count). The molecular formula is C17H25ClN2O. The number of rotatable bonds is 4. The van der Waals surface area contributed by atoms with Crippen LogP contribution in [0.3, 0.4) is 0 Å². The van der Waals surface area contributed by atoms with E-state index in [0.717, 1.165) is 36.5 Å². The minimum atomic E-state index is -0.112. The summed E-state index contributed by atoms with van der Waals surface area (Å²) < 4.78 is 0. The first kappa shape index (κ1) is 16.3. The van der Waals surface area contributed by atoms with Gasteiger partial charge in [0, 0.05) is 24.7 Å².